The number of carbonyl (C=O) groups is 2. The number of amides is 2. The van der Waals surface area contributed by atoms with Crippen LogP contribution >= 0.6 is 0 Å². The summed E-state index contributed by atoms with van der Waals surface area (Å²) in [6.07, 6.45) is 2.15. The SMILES string of the molecule is CNC(=O)c1c(-c2ccc(F)cc2)oc2ccc(-c3cc(C(=O)NC4(C5N=C(c6ccc(O)cc6)CCN5)CC4)ccc3C)cc12. The number of hydrogen-bond donors (Lipinski definition) is 4. The average molecular weight is 617 g/mol. The Hall–Kier alpha value is -5.28. The Morgan fingerprint density at radius 2 is 1.65 bits per heavy atom. The molecule has 1 unspecified atom stereocenters. The van der Waals surface area contributed by atoms with Crippen LogP contribution in [0.2, 0.25) is 0 Å². The maximum Gasteiger partial charge on any atom is 0.255 e. The number of phenolic OH excluding ortho intramolecular Hbond substituents is 1. The Labute approximate surface area is 265 Å². The minimum absolute atomic E-state index is 0.179. The second-order valence-corrected chi connectivity index (χ2v) is 12.0. The second-order valence-electron chi connectivity index (χ2n) is 12.0. The summed E-state index contributed by atoms with van der Waals surface area (Å²) >= 11 is 0. The van der Waals surface area contributed by atoms with Gasteiger partial charge in [-0.3, -0.25) is 19.9 Å². The zero-order valence-electron chi connectivity index (χ0n) is 25.5. The number of hydrogen-bond acceptors (Lipinski definition) is 6. The van der Waals surface area contributed by atoms with Crippen molar-refractivity contribution in [3.63, 3.8) is 0 Å². The monoisotopic (exact) mass is 616 g/mol. The predicted octanol–water partition coefficient (Wildman–Crippen LogP) is 6.35. The van der Waals surface area contributed by atoms with Gasteiger partial charge in [-0.25, -0.2) is 4.39 Å². The van der Waals surface area contributed by atoms with Crippen LogP contribution in [0.5, 0.6) is 5.75 Å². The maximum absolute atomic E-state index is 13.7. The first-order chi connectivity index (χ1) is 22.2. The van der Waals surface area contributed by atoms with Gasteiger partial charge in [-0.05, 0) is 115 Å². The summed E-state index contributed by atoms with van der Waals surface area (Å²) in [6, 6.07) is 24.1. The lowest BCUT2D eigenvalue weighted by Crippen LogP contribution is -2.53. The molecule has 1 fully saturated rings. The van der Waals surface area contributed by atoms with Crippen LogP contribution < -0.4 is 16.0 Å². The van der Waals surface area contributed by atoms with Crippen molar-refractivity contribution in [3.05, 3.63) is 113 Å². The van der Waals surface area contributed by atoms with E-state index < -0.39 is 5.54 Å². The minimum atomic E-state index is -0.473. The van der Waals surface area contributed by atoms with E-state index in [1.165, 1.54) is 12.1 Å². The Morgan fingerprint density at radius 3 is 2.37 bits per heavy atom. The van der Waals surface area contributed by atoms with Gasteiger partial charge in [0.15, 0.2) is 0 Å². The van der Waals surface area contributed by atoms with Crippen LogP contribution in [0.25, 0.3) is 33.4 Å². The Balaban J connectivity index is 1.18. The van der Waals surface area contributed by atoms with Crippen LogP contribution in [0.4, 0.5) is 4.39 Å². The number of nitrogens with one attached hydrogen (secondary N) is 3. The fourth-order valence-electron chi connectivity index (χ4n) is 6.18. The maximum atomic E-state index is 13.7. The normalized spacial score (nSPS) is 16.9. The molecule has 4 N–H and O–H groups in total. The van der Waals surface area contributed by atoms with Crippen molar-refractivity contribution in [3.8, 4) is 28.2 Å². The standard InChI is InChI=1S/C37H33FN4O4/c1-21-3-4-25(34(44)42-37(16-17-37)36-40-18-15-30(41-36)22-7-12-27(43)13-8-22)20-28(21)24-9-14-31-29(19-24)32(35(45)39-2)33(46-31)23-5-10-26(38)11-6-23/h3-14,19-20,36,40,43H,15-18H2,1-2H3,(H,39,45)(H,42,44). The van der Waals surface area contributed by atoms with E-state index in [0.717, 1.165) is 53.8 Å². The highest BCUT2D eigenvalue weighted by Gasteiger charge is 2.51. The Kier molecular flexibility index (Phi) is 7.41. The molecule has 0 radical (unpaired) electrons. The third-order valence-corrected chi connectivity index (χ3v) is 8.92. The molecule has 1 aliphatic carbocycles. The van der Waals surface area contributed by atoms with Crippen LogP contribution in [0, 0.1) is 12.7 Å². The van der Waals surface area contributed by atoms with Crippen molar-refractivity contribution in [2.45, 2.75) is 37.9 Å². The second kappa shape index (κ2) is 11.6. The van der Waals surface area contributed by atoms with E-state index in [4.69, 9.17) is 9.41 Å². The molecule has 0 spiro atoms. The molecule has 46 heavy (non-hydrogen) atoms. The summed E-state index contributed by atoms with van der Waals surface area (Å²) < 4.78 is 19.7. The van der Waals surface area contributed by atoms with Gasteiger partial charge in [0.25, 0.3) is 11.8 Å². The first-order valence-electron chi connectivity index (χ1n) is 15.3. The van der Waals surface area contributed by atoms with Gasteiger partial charge in [-0.2, -0.15) is 0 Å². The van der Waals surface area contributed by atoms with Crippen LogP contribution in [0.15, 0.2) is 94.3 Å². The number of phenols is 1. The first kappa shape index (κ1) is 29.4. The highest BCUT2D eigenvalue weighted by molar-refractivity contribution is 6.12. The van der Waals surface area contributed by atoms with E-state index in [-0.39, 0.29) is 29.5 Å². The lowest BCUT2D eigenvalue weighted by atomic mass is 9.95. The van der Waals surface area contributed by atoms with E-state index in [1.54, 1.807) is 31.3 Å². The highest BCUT2D eigenvalue weighted by atomic mass is 19.1. The number of halogens is 1. The molecule has 2 amide bonds. The van der Waals surface area contributed by atoms with Crippen LogP contribution in [0.1, 0.15) is 51.1 Å². The van der Waals surface area contributed by atoms with Gasteiger partial charge in [0.1, 0.15) is 29.1 Å². The number of aliphatic imine (C=N–C) groups is 1. The van der Waals surface area contributed by atoms with Crippen molar-refractivity contribution in [2.24, 2.45) is 4.99 Å². The lowest BCUT2D eigenvalue weighted by Gasteiger charge is -2.30. The third kappa shape index (κ3) is 5.43. The summed E-state index contributed by atoms with van der Waals surface area (Å²) in [5, 5.41) is 19.7. The van der Waals surface area contributed by atoms with Crippen molar-refractivity contribution in [1.29, 1.82) is 0 Å². The molecule has 0 saturated heterocycles. The molecule has 9 heteroatoms. The number of carbonyl (C=O) groups excluding carboxylic acids is 2. The number of furan rings is 1. The van der Waals surface area contributed by atoms with Gasteiger partial charge in [-0.15, -0.1) is 0 Å². The van der Waals surface area contributed by atoms with E-state index >= 15 is 0 Å². The Bertz CT molecular complexity index is 2010. The topological polar surface area (TPSA) is 116 Å². The number of aromatic hydroxyl groups is 1. The molecular formula is C37H33FN4O4. The van der Waals surface area contributed by atoms with Gasteiger partial charge in [0.05, 0.1) is 11.1 Å². The van der Waals surface area contributed by atoms with Gasteiger partial charge in [0, 0.05) is 42.2 Å². The van der Waals surface area contributed by atoms with E-state index in [1.807, 2.05) is 55.5 Å². The quantitative estimate of drug-likeness (QED) is 0.170. The van der Waals surface area contributed by atoms with Gasteiger partial charge < -0.3 is 20.2 Å². The zero-order chi connectivity index (χ0) is 32.0. The van der Waals surface area contributed by atoms with Crippen molar-refractivity contribution in [1.82, 2.24) is 16.0 Å². The molecule has 1 atom stereocenters. The van der Waals surface area contributed by atoms with Crippen LogP contribution in [-0.4, -0.2) is 47.9 Å². The van der Waals surface area contributed by atoms with Crippen molar-refractivity contribution >= 4 is 28.5 Å². The smallest absolute Gasteiger partial charge is 0.255 e. The number of benzene rings is 4. The molecule has 232 valence electrons. The molecule has 8 nitrogen and oxygen atoms in total. The van der Waals surface area contributed by atoms with E-state index in [2.05, 4.69) is 16.0 Å². The zero-order valence-corrected chi connectivity index (χ0v) is 25.5. The number of fused-ring (bicyclic) bond motifs is 1. The molecule has 1 saturated carbocycles. The average Bonchev–Trinajstić information content (AvgIpc) is 3.76. The Morgan fingerprint density at radius 1 is 0.935 bits per heavy atom. The summed E-state index contributed by atoms with van der Waals surface area (Å²) in [5.41, 5.74) is 6.10. The van der Waals surface area contributed by atoms with Crippen molar-refractivity contribution < 1.29 is 23.5 Å². The number of nitrogens with zero attached hydrogens (tertiary/aromatic N) is 1. The molecule has 5 aromatic rings. The van der Waals surface area contributed by atoms with Crippen LogP contribution in [-0.2, 0) is 0 Å². The molecule has 1 aliphatic heterocycles. The molecule has 7 rings (SSSR count). The largest absolute Gasteiger partial charge is 0.508 e. The molecule has 0 bridgehead atoms. The number of rotatable bonds is 7. The molecule has 2 heterocycles. The lowest BCUT2D eigenvalue weighted by molar-refractivity contribution is 0.0918. The summed E-state index contributed by atoms with van der Waals surface area (Å²) in [6.45, 7) is 2.72. The number of aryl methyl sites for hydroxylation is 1. The summed E-state index contributed by atoms with van der Waals surface area (Å²) in [4.78, 5) is 31.7. The molecule has 1 aromatic heterocycles. The van der Waals surface area contributed by atoms with Gasteiger partial charge in [-0.1, -0.05) is 12.1 Å². The fraction of sp³-hybridized carbons (Fsp3) is 0.216. The van der Waals surface area contributed by atoms with Crippen LogP contribution in [0.3, 0.4) is 0 Å². The first-order valence-corrected chi connectivity index (χ1v) is 15.3. The van der Waals surface area contributed by atoms with E-state index in [0.29, 0.717) is 33.4 Å². The predicted molar refractivity (Wildman–Crippen MR) is 176 cm³/mol. The molecule has 2 aliphatic rings. The summed E-state index contributed by atoms with van der Waals surface area (Å²) in [7, 11) is 1.56. The van der Waals surface area contributed by atoms with Gasteiger partial charge >= 0.3 is 0 Å². The van der Waals surface area contributed by atoms with Gasteiger partial charge in [0.2, 0.25) is 0 Å². The fourth-order valence-corrected chi connectivity index (χ4v) is 6.18. The summed E-state index contributed by atoms with van der Waals surface area (Å²) in [5.74, 6) is -0.302. The van der Waals surface area contributed by atoms with E-state index in [9.17, 15) is 19.1 Å². The highest BCUT2D eigenvalue weighted by Crippen LogP contribution is 2.41. The minimum Gasteiger partial charge on any atom is -0.508 e. The molecule has 4 aromatic carbocycles. The van der Waals surface area contributed by atoms with Crippen molar-refractivity contribution in [2.75, 3.05) is 13.6 Å². The molecular weight excluding hydrogens is 583 g/mol. The third-order valence-electron chi connectivity index (χ3n) is 8.92.